The topological polar surface area (TPSA) is 187 Å². The number of rotatable bonds is 11. The minimum absolute atomic E-state index is 0.0504. The SMILES string of the molecule is CCC.CN(c1cccc(C2CCN(CC(=O)N3CC(Oc4cccc(N5C6CCC5CN(C(/C=C(\N)c5ccccc5O)=C(N)N)C6)c4)C3)CC2)c1)C1CCC(=O)NC1=O. The van der Waals surface area contributed by atoms with Gasteiger partial charge in [-0.05, 0) is 99.1 Å². The second kappa shape index (κ2) is 19.2. The molecule has 3 amide bonds. The van der Waals surface area contributed by atoms with Crippen molar-refractivity contribution in [2.45, 2.75) is 88.9 Å². The molecule has 5 aliphatic heterocycles. The Labute approximate surface area is 359 Å². The van der Waals surface area contributed by atoms with Crippen LogP contribution in [-0.2, 0) is 14.4 Å². The first-order valence-corrected chi connectivity index (χ1v) is 21.9. The number of nitrogens with one attached hydrogen (secondary N) is 1. The summed E-state index contributed by atoms with van der Waals surface area (Å²) in [6.07, 6.45) is 7.83. The number of allylic oxidation sites excluding steroid dienone is 1. The normalized spacial score (nSPS) is 22.2. The van der Waals surface area contributed by atoms with Crippen molar-refractivity contribution < 1.29 is 24.2 Å². The summed E-state index contributed by atoms with van der Waals surface area (Å²) >= 11 is 0. The lowest BCUT2D eigenvalue weighted by Crippen LogP contribution is -2.58. The van der Waals surface area contributed by atoms with E-state index in [1.807, 2.05) is 47.2 Å². The van der Waals surface area contributed by atoms with E-state index in [4.69, 9.17) is 21.9 Å². The van der Waals surface area contributed by atoms with Gasteiger partial charge in [0, 0.05) is 67.3 Å². The number of likely N-dealkylation sites (tertiary alicyclic amines) is 3. The molecule has 3 aromatic rings. The van der Waals surface area contributed by atoms with Gasteiger partial charge in [0.1, 0.15) is 29.5 Å². The van der Waals surface area contributed by atoms with Crippen LogP contribution < -0.4 is 37.1 Å². The Morgan fingerprint density at radius 3 is 2.23 bits per heavy atom. The maximum absolute atomic E-state index is 13.3. The minimum atomic E-state index is -0.358. The van der Waals surface area contributed by atoms with Gasteiger partial charge in [-0.2, -0.15) is 0 Å². The molecule has 0 radical (unpaired) electrons. The van der Waals surface area contributed by atoms with Crippen molar-refractivity contribution in [3.8, 4) is 11.5 Å². The third kappa shape index (κ3) is 10.0. The van der Waals surface area contributed by atoms with Crippen molar-refractivity contribution in [1.29, 1.82) is 0 Å². The van der Waals surface area contributed by atoms with Gasteiger partial charge in [0.15, 0.2) is 0 Å². The fraction of sp³-hybridized carbons (Fsp3) is 0.468. The predicted octanol–water partition coefficient (Wildman–Crippen LogP) is 4.26. The van der Waals surface area contributed by atoms with Crippen LogP contribution in [0.25, 0.3) is 5.70 Å². The third-order valence-electron chi connectivity index (χ3n) is 12.6. The summed E-state index contributed by atoms with van der Waals surface area (Å²) in [5, 5.41) is 12.8. The zero-order chi connectivity index (χ0) is 43.2. The quantitative estimate of drug-likeness (QED) is 0.137. The van der Waals surface area contributed by atoms with Crippen molar-refractivity contribution in [2.24, 2.45) is 17.2 Å². The molecule has 326 valence electrons. The van der Waals surface area contributed by atoms with Crippen molar-refractivity contribution >= 4 is 34.8 Å². The van der Waals surface area contributed by atoms with Crippen LogP contribution in [0.3, 0.4) is 0 Å². The molecule has 61 heavy (non-hydrogen) atoms. The Hall–Kier alpha value is -5.89. The van der Waals surface area contributed by atoms with Gasteiger partial charge in [0.25, 0.3) is 0 Å². The van der Waals surface area contributed by atoms with Gasteiger partial charge in [0.05, 0.1) is 25.3 Å². The fourth-order valence-corrected chi connectivity index (χ4v) is 9.39. The second-order valence-electron chi connectivity index (χ2n) is 17.1. The zero-order valence-corrected chi connectivity index (χ0v) is 35.8. The Bertz CT molecular complexity index is 2090. The summed E-state index contributed by atoms with van der Waals surface area (Å²) in [7, 11) is 1.91. The van der Waals surface area contributed by atoms with E-state index in [2.05, 4.69) is 58.1 Å². The number of nitrogens with two attached hydrogens (primary N) is 3. The van der Waals surface area contributed by atoms with Crippen LogP contribution in [0, 0.1) is 0 Å². The van der Waals surface area contributed by atoms with Gasteiger partial charge in [-0.15, -0.1) is 0 Å². The molecule has 8 rings (SSSR count). The van der Waals surface area contributed by atoms with Crippen LogP contribution in [-0.4, -0.2) is 115 Å². The smallest absolute Gasteiger partial charge is 0.249 e. The number of piperazine rings is 1. The summed E-state index contributed by atoms with van der Waals surface area (Å²) < 4.78 is 6.40. The Morgan fingerprint density at radius 1 is 0.869 bits per heavy atom. The number of imide groups is 1. The third-order valence-corrected chi connectivity index (χ3v) is 12.6. The minimum Gasteiger partial charge on any atom is -0.507 e. The molecule has 3 atom stereocenters. The maximum Gasteiger partial charge on any atom is 0.249 e. The molecule has 3 unspecified atom stereocenters. The number of likely N-dealkylation sites (N-methyl/N-ethyl adjacent to an activating group) is 1. The molecule has 8 N–H and O–H groups in total. The predicted molar refractivity (Wildman–Crippen MR) is 239 cm³/mol. The highest BCUT2D eigenvalue weighted by atomic mass is 16.5. The first-order valence-electron chi connectivity index (χ1n) is 21.9. The number of para-hydroxylation sites is 1. The van der Waals surface area contributed by atoms with Gasteiger partial charge in [-0.3, -0.25) is 24.6 Å². The number of phenolic OH excluding ortho intramolecular Hbond substituents is 1. The van der Waals surface area contributed by atoms with Gasteiger partial charge >= 0.3 is 0 Å². The van der Waals surface area contributed by atoms with Crippen molar-refractivity contribution in [3.63, 3.8) is 0 Å². The average molecular weight is 834 g/mol. The van der Waals surface area contributed by atoms with Gasteiger partial charge in [0.2, 0.25) is 17.7 Å². The van der Waals surface area contributed by atoms with Gasteiger partial charge < -0.3 is 46.6 Å². The number of hydrogen-bond acceptors (Lipinski definition) is 12. The number of anilines is 2. The van der Waals surface area contributed by atoms with Crippen LogP contribution in [0.15, 0.2) is 90.4 Å². The van der Waals surface area contributed by atoms with Crippen molar-refractivity contribution in [3.05, 3.63) is 102 Å². The first kappa shape index (κ1) is 43.2. The molecule has 14 nitrogen and oxygen atoms in total. The molecule has 5 saturated heterocycles. The highest BCUT2D eigenvalue weighted by Crippen LogP contribution is 2.38. The molecule has 0 spiro atoms. The van der Waals surface area contributed by atoms with Crippen molar-refractivity contribution in [2.75, 3.05) is 62.7 Å². The second-order valence-corrected chi connectivity index (χ2v) is 17.1. The van der Waals surface area contributed by atoms with E-state index in [-0.39, 0.29) is 53.5 Å². The molecule has 0 aromatic heterocycles. The number of carbonyl (C=O) groups excluding carboxylic acids is 3. The number of amides is 3. The fourth-order valence-electron chi connectivity index (χ4n) is 9.39. The molecule has 5 aliphatic rings. The van der Waals surface area contributed by atoms with E-state index in [1.165, 1.54) is 12.0 Å². The van der Waals surface area contributed by atoms with Gasteiger partial charge in [-0.25, -0.2) is 0 Å². The van der Waals surface area contributed by atoms with E-state index in [9.17, 15) is 19.5 Å². The Balaban J connectivity index is 0.00000182. The zero-order valence-electron chi connectivity index (χ0n) is 35.8. The van der Waals surface area contributed by atoms with Gasteiger partial charge in [-0.1, -0.05) is 50.6 Å². The lowest BCUT2D eigenvalue weighted by molar-refractivity contribution is -0.141. The lowest BCUT2D eigenvalue weighted by atomic mass is 9.89. The number of ether oxygens (including phenoxy) is 1. The van der Waals surface area contributed by atoms with Crippen LogP contribution in [0.2, 0.25) is 0 Å². The number of nitrogens with zero attached hydrogens (tertiary/aromatic N) is 5. The molecular weight excluding hydrogens is 771 g/mol. The van der Waals surface area contributed by atoms with E-state index in [0.717, 1.165) is 69.0 Å². The summed E-state index contributed by atoms with van der Waals surface area (Å²) in [5.41, 5.74) is 23.7. The molecule has 5 fully saturated rings. The Morgan fingerprint density at radius 2 is 1.56 bits per heavy atom. The monoisotopic (exact) mass is 833 g/mol. The van der Waals surface area contributed by atoms with E-state index < -0.39 is 0 Å². The van der Waals surface area contributed by atoms with E-state index in [1.54, 1.807) is 24.3 Å². The van der Waals surface area contributed by atoms with Crippen LogP contribution in [0.1, 0.15) is 75.8 Å². The molecule has 2 bridgehead atoms. The standard InChI is InChI=1S/C44H55N9O5.C3H8/c1-49(38-14-15-41(55)48-44(38)57)30-7-4-6-29(20-30)28-16-18-50(19-17-28)27-42(56)52-25-35(26-52)58-34-9-5-8-31(21-34)53-32-12-13-33(53)24-51(23-32)39(43(46)47)22-37(45)36-10-2-3-11-40(36)54;1-3-2/h2-11,20-22,28,32-33,35,38,54H,12-19,23-27,45-47H2,1H3,(H,48,55,57);3H2,1-2H3/b37-22-;. The average Bonchev–Trinajstić information content (AvgIpc) is 3.50. The summed E-state index contributed by atoms with van der Waals surface area (Å²) in [6.45, 7) is 8.96. The highest BCUT2D eigenvalue weighted by molar-refractivity contribution is 6.01. The van der Waals surface area contributed by atoms with E-state index >= 15 is 0 Å². The molecule has 3 aromatic carbocycles. The molecule has 0 saturated carbocycles. The molecule has 0 aliphatic carbocycles. The van der Waals surface area contributed by atoms with E-state index in [0.29, 0.717) is 55.4 Å². The summed E-state index contributed by atoms with van der Waals surface area (Å²) in [6, 6.07) is 23.7. The molecular formula is C47H63N9O5. The van der Waals surface area contributed by atoms with Crippen LogP contribution >= 0.6 is 0 Å². The number of benzene rings is 3. The number of carbonyl (C=O) groups is 3. The molecule has 5 heterocycles. The number of phenols is 1. The number of fused-ring (bicyclic) bond motifs is 2. The number of aromatic hydroxyl groups is 1. The lowest BCUT2D eigenvalue weighted by Gasteiger charge is -2.44. The number of hydrogen-bond donors (Lipinski definition) is 5. The number of piperidine rings is 2. The Kier molecular flexibility index (Phi) is 13.6. The largest absolute Gasteiger partial charge is 0.507 e. The first-order chi connectivity index (χ1) is 29.4. The van der Waals surface area contributed by atoms with Crippen molar-refractivity contribution in [1.82, 2.24) is 20.0 Å². The maximum atomic E-state index is 13.3. The summed E-state index contributed by atoms with van der Waals surface area (Å²) in [5.74, 6) is 1.17. The molecule has 14 heteroatoms. The summed E-state index contributed by atoms with van der Waals surface area (Å²) in [4.78, 5) is 48.2. The van der Waals surface area contributed by atoms with Crippen LogP contribution in [0.4, 0.5) is 11.4 Å². The van der Waals surface area contributed by atoms with Crippen LogP contribution in [0.5, 0.6) is 11.5 Å². The highest BCUT2D eigenvalue weighted by Gasteiger charge is 2.41.